The zero-order valence-corrected chi connectivity index (χ0v) is 11.1. The van der Waals surface area contributed by atoms with Crippen molar-refractivity contribution in [3.8, 4) is 0 Å². The Morgan fingerprint density at radius 3 is 2.89 bits per heavy atom. The van der Waals surface area contributed by atoms with Gasteiger partial charge in [-0.3, -0.25) is 9.78 Å². The molecule has 1 N–H and O–H groups in total. The highest BCUT2D eigenvalue weighted by Crippen LogP contribution is 2.12. The van der Waals surface area contributed by atoms with E-state index in [1.54, 1.807) is 0 Å². The highest BCUT2D eigenvalue weighted by Gasteiger charge is 2.22. The van der Waals surface area contributed by atoms with Gasteiger partial charge in [0.25, 0.3) is 0 Å². The first-order valence-electron chi connectivity index (χ1n) is 6.61. The number of hydrogen-bond acceptors (Lipinski definition) is 3. The normalized spacial score (nSPS) is 19.0. The van der Waals surface area contributed by atoms with E-state index in [9.17, 15) is 4.79 Å². The van der Waals surface area contributed by atoms with E-state index in [0.717, 1.165) is 25.2 Å². The maximum absolute atomic E-state index is 11.6. The molecule has 0 bridgehead atoms. The Morgan fingerprint density at radius 2 is 2.28 bits per heavy atom. The molecule has 98 valence electrons. The number of carbonyl (C=O) groups is 1. The molecule has 4 heteroatoms. The fourth-order valence-electron chi connectivity index (χ4n) is 2.42. The minimum absolute atomic E-state index is 0.207. The number of rotatable bonds is 5. The molecule has 2 unspecified atom stereocenters. The molecular formula is C14H21N3O. The molecule has 0 aromatic carbocycles. The van der Waals surface area contributed by atoms with Crippen LogP contribution in [-0.2, 0) is 4.79 Å². The van der Waals surface area contributed by atoms with E-state index in [2.05, 4.69) is 24.1 Å². The van der Waals surface area contributed by atoms with Gasteiger partial charge >= 0.3 is 0 Å². The van der Waals surface area contributed by atoms with Crippen molar-refractivity contribution in [3.63, 3.8) is 0 Å². The summed E-state index contributed by atoms with van der Waals surface area (Å²) >= 11 is 0. The van der Waals surface area contributed by atoms with Crippen LogP contribution in [0.25, 0.3) is 0 Å². The largest absolute Gasteiger partial charge is 0.341 e. The smallest absolute Gasteiger partial charge is 0.222 e. The van der Waals surface area contributed by atoms with Gasteiger partial charge in [0.15, 0.2) is 0 Å². The summed E-state index contributed by atoms with van der Waals surface area (Å²) in [7, 11) is 0. The van der Waals surface area contributed by atoms with E-state index < -0.39 is 0 Å². The second-order valence-corrected chi connectivity index (χ2v) is 4.99. The number of amides is 1. The van der Waals surface area contributed by atoms with Crippen molar-refractivity contribution in [2.24, 2.45) is 0 Å². The van der Waals surface area contributed by atoms with Crippen molar-refractivity contribution >= 4 is 5.91 Å². The zero-order valence-electron chi connectivity index (χ0n) is 11.1. The number of likely N-dealkylation sites (tertiary alicyclic amines) is 1. The van der Waals surface area contributed by atoms with Crippen LogP contribution in [0.2, 0.25) is 0 Å². The average Bonchev–Trinajstić information content (AvgIpc) is 2.76. The van der Waals surface area contributed by atoms with Crippen molar-refractivity contribution < 1.29 is 4.79 Å². The van der Waals surface area contributed by atoms with Crippen LogP contribution >= 0.6 is 0 Å². The van der Waals surface area contributed by atoms with Crippen molar-refractivity contribution in [2.45, 2.75) is 38.8 Å². The van der Waals surface area contributed by atoms with Gasteiger partial charge in [-0.1, -0.05) is 6.07 Å². The number of hydrogen-bond donors (Lipinski definition) is 1. The molecule has 1 amide bonds. The Hall–Kier alpha value is -1.42. The highest BCUT2D eigenvalue weighted by molar-refractivity contribution is 5.78. The van der Waals surface area contributed by atoms with Crippen LogP contribution in [0.5, 0.6) is 0 Å². The topological polar surface area (TPSA) is 45.2 Å². The van der Waals surface area contributed by atoms with Gasteiger partial charge in [0.2, 0.25) is 5.91 Å². The predicted molar refractivity (Wildman–Crippen MR) is 71.1 cm³/mol. The summed E-state index contributed by atoms with van der Waals surface area (Å²) in [6, 6.07) is 6.42. The molecule has 1 aromatic rings. The molecular weight excluding hydrogens is 226 g/mol. The Labute approximate surface area is 108 Å². The first kappa shape index (κ1) is 13.0. The molecule has 1 saturated heterocycles. The van der Waals surface area contributed by atoms with E-state index in [1.807, 2.05) is 29.3 Å². The minimum atomic E-state index is 0.207. The zero-order chi connectivity index (χ0) is 13.0. The summed E-state index contributed by atoms with van der Waals surface area (Å²) in [4.78, 5) is 17.8. The van der Waals surface area contributed by atoms with Crippen molar-refractivity contribution in [1.82, 2.24) is 15.2 Å². The third-order valence-electron chi connectivity index (χ3n) is 3.33. The van der Waals surface area contributed by atoms with E-state index in [4.69, 9.17) is 0 Å². The van der Waals surface area contributed by atoms with Crippen molar-refractivity contribution in [1.29, 1.82) is 0 Å². The van der Waals surface area contributed by atoms with Crippen LogP contribution in [-0.4, -0.2) is 34.9 Å². The molecule has 0 aliphatic carbocycles. The third-order valence-corrected chi connectivity index (χ3v) is 3.33. The Morgan fingerprint density at radius 1 is 1.44 bits per heavy atom. The lowest BCUT2D eigenvalue weighted by Crippen LogP contribution is -2.40. The molecule has 18 heavy (non-hydrogen) atoms. The summed E-state index contributed by atoms with van der Waals surface area (Å²) in [5.41, 5.74) is 1.04. The standard InChI is InChI=1S/C14H21N3O/c1-11(10-17-9-5-7-14(17)18)16-12(2)13-6-3-4-8-15-13/h3-4,6,8,11-12,16H,5,7,9-10H2,1-2H3. The van der Waals surface area contributed by atoms with Gasteiger partial charge in [0.05, 0.1) is 5.69 Å². The van der Waals surface area contributed by atoms with E-state index in [-0.39, 0.29) is 18.0 Å². The molecule has 1 aliphatic rings. The third kappa shape index (κ3) is 3.29. The summed E-state index contributed by atoms with van der Waals surface area (Å²) in [5.74, 6) is 0.286. The first-order valence-corrected chi connectivity index (χ1v) is 6.61. The van der Waals surface area contributed by atoms with Gasteiger partial charge in [0, 0.05) is 37.8 Å². The van der Waals surface area contributed by atoms with Crippen molar-refractivity contribution in [3.05, 3.63) is 30.1 Å². The SMILES string of the molecule is CC(CN1CCCC1=O)NC(C)c1ccccn1. The molecule has 0 spiro atoms. The fourth-order valence-corrected chi connectivity index (χ4v) is 2.42. The van der Waals surface area contributed by atoms with Gasteiger partial charge in [-0.15, -0.1) is 0 Å². The number of nitrogens with zero attached hydrogens (tertiary/aromatic N) is 2. The summed E-state index contributed by atoms with van der Waals surface area (Å²) < 4.78 is 0. The maximum Gasteiger partial charge on any atom is 0.222 e. The lowest BCUT2D eigenvalue weighted by atomic mass is 10.2. The number of pyridine rings is 1. The lowest BCUT2D eigenvalue weighted by Gasteiger charge is -2.24. The molecule has 1 fully saturated rings. The molecule has 0 radical (unpaired) electrons. The monoisotopic (exact) mass is 247 g/mol. The molecule has 1 aliphatic heterocycles. The highest BCUT2D eigenvalue weighted by atomic mass is 16.2. The average molecular weight is 247 g/mol. The first-order chi connectivity index (χ1) is 8.66. The second-order valence-electron chi connectivity index (χ2n) is 4.99. The quantitative estimate of drug-likeness (QED) is 0.862. The Balaban J connectivity index is 1.84. The Bertz CT molecular complexity index is 393. The molecule has 1 aromatic heterocycles. The summed E-state index contributed by atoms with van der Waals surface area (Å²) in [6.45, 7) is 5.91. The molecule has 2 heterocycles. The number of aromatic nitrogens is 1. The predicted octanol–water partition coefficient (Wildman–Crippen LogP) is 1.74. The minimum Gasteiger partial charge on any atom is -0.341 e. The second kappa shape index (κ2) is 5.96. The van der Waals surface area contributed by atoms with Crippen LogP contribution in [0.15, 0.2) is 24.4 Å². The lowest BCUT2D eigenvalue weighted by molar-refractivity contribution is -0.127. The number of nitrogens with one attached hydrogen (secondary N) is 1. The molecule has 4 nitrogen and oxygen atoms in total. The molecule has 2 rings (SSSR count). The van der Waals surface area contributed by atoms with Gasteiger partial charge < -0.3 is 10.2 Å². The van der Waals surface area contributed by atoms with Gasteiger partial charge in [0.1, 0.15) is 0 Å². The van der Waals surface area contributed by atoms with E-state index in [1.165, 1.54) is 0 Å². The summed E-state index contributed by atoms with van der Waals surface area (Å²) in [5, 5.41) is 3.49. The fraction of sp³-hybridized carbons (Fsp3) is 0.571. The molecule has 2 atom stereocenters. The van der Waals surface area contributed by atoms with E-state index >= 15 is 0 Å². The molecule has 0 saturated carbocycles. The van der Waals surface area contributed by atoms with E-state index in [0.29, 0.717) is 6.42 Å². The van der Waals surface area contributed by atoms with Crippen LogP contribution in [0.1, 0.15) is 38.4 Å². The van der Waals surface area contributed by atoms with Gasteiger partial charge in [-0.2, -0.15) is 0 Å². The van der Waals surface area contributed by atoms with Gasteiger partial charge in [-0.05, 0) is 32.4 Å². The van der Waals surface area contributed by atoms with Crippen LogP contribution < -0.4 is 5.32 Å². The summed E-state index contributed by atoms with van der Waals surface area (Å²) in [6.07, 6.45) is 3.52. The van der Waals surface area contributed by atoms with Crippen molar-refractivity contribution in [2.75, 3.05) is 13.1 Å². The van der Waals surface area contributed by atoms with Crippen LogP contribution in [0, 0.1) is 0 Å². The number of carbonyl (C=O) groups excluding carboxylic acids is 1. The maximum atomic E-state index is 11.6. The van der Waals surface area contributed by atoms with Crippen LogP contribution in [0.4, 0.5) is 0 Å². The Kier molecular flexibility index (Phi) is 4.31. The van der Waals surface area contributed by atoms with Gasteiger partial charge in [-0.25, -0.2) is 0 Å². The van der Waals surface area contributed by atoms with Crippen LogP contribution in [0.3, 0.4) is 0 Å².